The molecule has 2 aliphatic rings. The molecule has 2 heterocycles. The van der Waals surface area contributed by atoms with Gasteiger partial charge in [-0.1, -0.05) is 5.92 Å². The first-order valence-corrected chi connectivity index (χ1v) is 5.96. The van der Waals surface area contributed by atoms with Crippen LogP contribution in [-0.2, 0) is 9.53 Å². The number of fused-ring (bicyclic) bond motifs is 2. The number of ether oxygens (including phenoxy) is 1. The smallest absolute Gasteiger partial charge is 0.323 e. The van der Waals surface area contributed by atoms with E-state index in [0.717, 1.165) is 24.2 Å². The van der Waals surface area contributed by atoms with E-state index in [1.807, 2.05) is 0 Å². The summed E-state index contributed by atoms with van der Waals surface area (Å²) in [5.74, 6) is 1.20. The lowest BCUT2D eigenvalue weighted by Crippen LogP contribution is -2.49. The van der Waals surface area contributed by atoms with Gasteiger partial charge in [-0.15, -0.1) is 6.42 Å². The monoisotopic (exact) mass is 252 g/mol. The normalized spacial score (nSPS) is 28.7. The maximum absolute atomic E-state index is 11.9. The Balaban J connectivity index is 1.89. The molecular weight excluding hydrogens is 236 g/mol. The third kappa shape index (κ3) is 2.74. The maximum Gasteiger partial charge on any atom is 0.323 e. The summed E-state index contributed by atoms with van der Waals surface area (Å²) in [5, 5.41) is 11.5. The molecule has 0 saturated carbocycles. The molecule has 2 rings (SSSR count). The van der Waals surface area contributed by atoms with Crippen LogP contribution < -0.4 is 5.32 Å². The molecule has 98 valence electrons. The van der Waals surface area contributed by atoms with E-state index in [1.165, 1.54) is 0 Å². The summed E-state index contributed by atoms with van der Waals surface area (Å²) >= 11 is 0. The minimum atomic E-state index is -1.08. The molecule has 3 atom stereocenters. The van der Waals surface area contributed by atoms with E-state index in [-0.39, 0.29) is 24.8 Å². The highest BCUT2D eigenvalue weighted by Crippen LogP contribution is 2.34. The van der Waals surface area contributed by atoms with E-state index in [9.17, 15) is 9.59 Å². The third-order valence-electron chi connectivity index (χ3n) is 3.31. The van der Waals surface area contributed by atoms with Crippen molar-refractivity contribution in [1.82, 2.24) is 10.2 Å². The number of aliphatic carboxylic acids is 1. The Kier molecular flexibility index (Phi) is 3.72. The Morgan fingerprint density at radius 3 is 2.78 bits per heavy atom. The molecule has 2 saturated heterocycles. The predicted octanol–water partition coefficient (Wildman–Crippen LogP) is 0.0357. The second kappa shape index (κ2) is 5.27. The highest BCUT2D eigenvalue weighted by molar-refractivity contribution is 5.80. The van der Waals surface area contributed by atoms with Gasteiger partial charge in [0, 0.05) is 0 Å². The summed E-state index contributed by atoms with van der Waals surface area (Å²) in [7, 11) is 0. The van der Waals surface area contributed by atoms with Crippen LogP contribution in [0.1, 0.15) is 19.3 Å². The van der Waals surface area contributed by atoms with Gasteiger partial charge in [0.25, 0.3) is 0 Å². The number of hydrogen-bond acceptors (Lipinski definition) is 3. The number of terminal acetylenes is 1. The lowest BCUT2D eigenvalue weighted by atomic mass is 9.96. The molecular formula is C12H16N2O4. The van der Waals surface area contributed by atoms with Gasteiger partial charge in [-0.05, 0) is 19.3 Å². The van der Waals surface area contributed by atoms with Gasteiger partial charge < -0.3 is 20.1 Å². The minimum absolute atomic E-state index is 0.0141. The van der Waals surface area contributed by atoms with Crippen molar-refractivity contribution < 1.29 is 19.4 Å². The Morgan fingerprint density at radius 1 is 1.50 bits per heavy atom. The van der Waals surface area contributed by atoms with Crippen molar-refractivity contribution in [2.75, 3.05) is 13.1 Å². The van der Waals surface area contributed by atoms with Gasteiger partial charge in [-0.25, -0.2) is 4.79 Å². The molecule has 0 aromatic carbocycles. The number of amides is 2. The lowest BCUT2D eigenvalue weighted by Gasteiger charge is -2.24. The second-order valence-electron chi connectivity index (χ2n) is 4.62. The van der Waals surface area contributed by atoms with Crippen molar-refractivity contribution in [3.8, 4) is 12.3 Å². The number of carbonyl (C=O) groups excluding carboxylic acids is 1. The average molecular weight is 252 g/mol. The second-order valence-corrected chi connectivity index (χ2v) is 4.62. The number of nitrogens with zero attached hydrogens (tertiary/aromatic N) is 1. The predicted molar refractivity (Wildman–Crippen MR) is 62.9 cm³/mol. The van der Waals surface area contributed by atoms with Gasteiger partial charge in [0.05, 0.1) is 24.8 Å². The molecule has 0 aliphatic carbocycles. The van der Waals surface area contributed by atoms with E-state index in [1.54, 1.807) is 0 Å². The summed E-state index contributed by atoms with van der Waals surface area (Å²) in [6.45, 7) is -0.405. The molecule has 0 spiro atoms. The van der Waals surface area contributed by atoms with Crippen LogP contribution in [0.25, 0.3) is 0 Å². The van der Waals surface area contributed by atoms with Gasteiger partial charge >= 0.3 is 12.0 Å². The summed E-state index contributed by atoms with van der Waals surface area (Å²) in [6.07, 6.45) is 8.21. The largest absolute Gasteiger partial charge is 0.480 e. The van der Waals surface area contributed by atoms with Crippen LogP contribution in [0.15, 0.2) is 0 Å². The Labute approximate surface area is 105 Å². The zero-order chi connectivity index (χ0) is 13.1. The Hall–Kier alpha value is -1.74. The van der Waals surface area contributed by atoms with E-state index in [4.69, 9.17) is 16.3 Å². The Morgan fingerprint density at radius 2 is 2.28 bits per heavy atom. The van der Waals surface area contributed by atoms with Crippen molar-refractivity contribution in [2.24, 2.45) is 0 Å². The van der Waals surface area contributed by atoms with Crippen LogP contribution in [0.5, 0.6) is 0 Å². The highest BCUT2D eigenvalue weighted by Gasteiger charge is 2.41. The topological polar surface area (TPSA) is 78.9 Å². The number of carbonyl (C=O) groups is 2. The number of urea groups is 1. The highest BCUT2D eigenvalue weighted by atomic mass is 16.5. The minimum Gasteiger partial charge on any atom is -0.480 e. The van der Waals surface area contributed by atoms with Crippen molar-refractivity contribution >= 4 is 12.0 Å². The van der Waals surface area contributed by atoms with Gasteiger partial charge in [0.15, 0.2) is 0 Å². The van der Waals surface area contributed by atoms with Crippen molar-refractivity contribution in [1.29, 1.82) is 0 Å². The van der Waals surface area contributed by atoms with Crippen LogP contribution >= 0.6 is 0 Å². The summed E-state index contributed by atoms with van der Waals surface area (Å²) in [6, 6.07) is -0.457. The van der Waals surface area contributed by atoms with Crippen molar-refractivity contribution in [3.63, 3.8) is 0 Å². The number of carboxylic acid groups (broad SMARTS) is 1. The number of hydrogen-bond donors (Lipinski definition) is 2. The molecule has 2 fully saturated rings. The van der Waals surface area contributed by atoms with Crippen molar-refractivity contribution in [2.45, 2.75) is 37.5 Å². The van der Waals surface area contributed by atoms with E-state index in [2.05, 4.69) is 11.2 Å². The van der Waals surface area contributed by atoms with Crippen LogP contribution in [-0.4, -0.2) is 53.3 Å². The van der Waals surface area contributed by atoms with Crippen LogP contribution in [0.4, 0.5) is 4.79 Å². The van der Waals surface area contributed by atoms with Gasteiger partial charge in [0.2, 0.25) is 0 Å². The fraction of sp³-hybridized carbons (Fsp3) is 0.667. The first kappa shape index (κ1) is 12.7. The standard InChI is InChI=1S/C12H16N2O4/c1-2-5-14(7-11(15)16)12(17)13-9-6-8-3-4-10(9)18-8/h1,8-10H,3-7H2,(H,13,17)(H,15,16). The van der Waals surface area contributed by atoms with Crippen LogP contribution in [0, 0.1) is 12.3 Å². The zero-order valence-electron chi connectivity index (χ0n) is 9.96. The summed E-state index contributed by atoms with van der Waals surface area (Å²) in [5.41, 5.74) is 0. The molecule has 6 nitrogen and oxygen atoms in total. The molecule has 2 amide bonds. The molecule has 0 aromatic heterocycles. The SMILES string of the molecule is C#CCN(CC(=O)O)C(=O)NC1CC2CCC1O2. The summed E-state index contributed by atoms with van der Waals surface area (Å²) in [4.78, 5) is 23.6. The summed E-state index contributed by atoms with van der Waals surface area (Å²) < 4.78 is 5.62. The molecule has 6 heteroatoms. The number of nitrogens with one attached hydrogen (secondary N) is 1. The van der Waals surface area contributed by atoms with Gasteiger partial charge in [0.1, 0.15) is 6.54 Å². The quantitative estimate of drug-likeness (QED) is 0.692. The fourth-order valence-electron chi connectivity index (χ4n) is 2.51. The maximum atomic E-state index is 11.9. The molecule has 18 heavy (non-hydrogen) atoms. The Bertz CT molecular complexity index is 390. The van der Waals surface area contributed by atoms with Gasteiger partial charge in [-0.3, -0.25) is 4.79 Å². The van der Waals surface area contributed by atoms with Crippen LogP contribution in [0.2, 0.25) is 0 Å². The molecule has 2 N–H and O–H groups in total. The third-order valence-corrected chi connectivity index (χ3v) is 3.31. The van der Waals surface area contributed by atoms with E-state index >= 15 is 0 Å². The van der Waals surface area contributed by atoms with Gasteiger partial charge in [-0.2, -0.15) is 0 Å². The molecule has 2 bridgehead atoms. The first-order valence-electron chi connectivity index (χ1n) is 5.96. The molecule has 0 aromatic rings. The lowest BCUT2D eigenvalue weighted by molar-refractivity contribution is -0.137. The number of rotatable bonds is 4. The molecule has 2 aliphatic heterocycles. The molecule has 3 unspecified atom stereocenters. The average Bonchev–Trinajstić information content (AvgIpc) is 2.89. The van der Waals surface area contributed by atoms with E-state index in [0.29, 0.717) is 0 Å². The fourth-order valence-corrected chi connectivity index (χ4v) is 2.51. The zero-order valence-corrected chi connectivity index (χ0v) is 9.96. The first-order chi connectivity index (χ1) is 8.60. The van der Waals surface area contributed by atoms with Crippen molar-refractivity contribution in [3.05, 3.63) is 0 Å². The van der Waals surface area contributed by atoms with E-state index < -0.39 is 18.5 Å². The number of carboxylic acids is 1. The van der Waals surface area contributed by atoms with Crippen LogP contribution in [0.3, 0.4) is 0 Å². The molecule has 0 radical (unpaired) electrons.